The summed E-state index contributed by atoms with van der Waals surface area (Å²) in [7, 11) is 0. The molecule has 0 spiro atoms. The molecule has 0 aliphatic carbocycles. The summed E-state index contributed by atoms with van der Waals surface area (Å²) in [5, 5.41) is 2.53. The number of amides is 3. The van der Waals surface area contributed by atoms with Crippen LogP contribution in [0.5, 0.6) is 0 Å². The van der Waals surface area contributed by atoms with Crippen molar-refractivity contribution in [3.05, 3.63) is 23.8 Å². The highest BCUT2D eigenvalue weighted by Crippen LogP contribution is 2.29. The molecular weight excluding hydrogens is 358 g/mol. The van der Waals surface area contributed by atoms with Gasteiger partial charge in [0.25, 0.3) is 0 Å². The van der Waals surface area contributed by atoms with E-state index in [2.05, 4.69) is 5.32 Å². The van der Waals surface area contributed by atoms with Crippen LogP contribution in [0.2, 0.25) is 0 Å². The van der Waals surface area contributed by atoms with Crippen LogP contribution in [0.1, 0.15) is 19.8 Å². The first-order valence-corrected chi connectivity index (χ1v) is 9.21. The van der Waals surface area contributed by atoms with Crippen LogP contribution in [0, 0.1) is 11.6 Å². The normalized spacial score (nSPS) is 17.2. The average Bonchev–Trinajstić information content (AvgIpc) is 3.15. The van der Waals surface area contributed by atoms with Crippen LogP contribution in [0.3, 0.4) is 0 Å². The van der Waals surface area contributed by atoms with E-state index in [0.29, 0.717) is 45.9 Å². The van der Waals surface area contributed by atoms with Crippen molar-refractivity contribution in [1.82, 2.24) is 9.80 Å². The molecule has 0 aromatic heterocycles. The zero-order valence-electron chi connectivity index (χ0n) is 15.3. The lowest BCUT2D eigenvalue weighted by molar-refractivity contribution is 0.0868. The number of carbonyl (C=O) groups is 2. The number of ether oxygens (including phenoxy) is 1. The largest absolute Gasteiger partial charge is 0.450 e. The minimum atomic E-state index is -0.681. The first-order valence-electron chi connectivity index (χ1n) is 9.21. The van der Waals surface area contributed by atoms with E-state index in [4.69, 9.17) is 4.74 Å². The van der Waals surface area contributed by atoms with Crippen molar-refractivity contribution in [2.45, 2.75) is 19.8 Å². The maximum absolute atomic E-state index is 14.4. The third-order valence-electron chi connectivity index (χ3n) is 4.78. The summed E-state index contributed by atoms with van der Waals surface area (Å²) < 4.78 is 33.7. The van der Waals surface area contributed by atoms with E-state index < -0.39 is 23.8 Å². The van der Waals surface area contributed by atoms with Gasteiger partial charge in [-0.15, -0.1) is 0 Å². The van der Waals surface area contributed by atoms with E-state index in [1.807, 2.05) is 0 Å². The number of benzene rings is 1. The fourth-order valence-corrected chi connectivity index (χ4v) is 3.39. The van der Waals surface area contributed by atoms with Crippen LogP contribution in [0.25, 0.3) is 0 Å². The van der Waals surface area contributed by atoms with Gasteiger partial charge in [-0.1, -0.05) is 0 Å². The van der Waals surface area contributed by atoms with Crippen LogP contribution in [-0.4, -0.2) is 67.8 Å². The topological polar surface area (TPSA) is 65.1 Å². The monoisotopic (exact) mass is 382 g/mol. The van der Waals surface area contributed by atoms with Gasteiger partial charge >= 0.3 is 12.1 Å². The van der Waals surface area contributed by atoms with Gasteiger partial charge in [0.05, 0.1) is 6.61 Å². The Balaban J connectivity index is 1.59. The lowest BCUT2D eigenvalue weighted by Crippen LogP contribution is -2.51. The number of rotatable bonds is 3. The summed E-state index contributed by atoms with van der Waals surface area (Å²) in [5.41, 5.74) is 0.0410. The lowest BCUT2D eigenvalue weighted by atomic mass is 10.2. The summed E-state index contributed by atoms with van der Waals surface area (Å²) in [6.45, 7) is 4.63. The zero-order chi connectivity index (χ0) is 19.4. The Kier molecular flexibility index (Phi) is 5.98. The second-order valence-corrected chi connectivity index (χ2v) is 6.59. The second-order valence-electron chi connectivity index (χ2n) is 6.59. The molecule has 0 unspecified atom stereocenters. The van der Waals surface area contributed by atoms with Crippen molar-refractivity contribution in [3.8, 4) is 0 Å². The quantitative estimate of drug-likeness (QED) is 0.873. The number of hydrogen-bond donors (Lipinski definition) is 1. The van der Waals surface area contributed by atoms with Crippen molar-refractivity contribution in [1.29, 1.82) is 0 Å². The molecule has 3 rings (SSSR count). The van der Waals surface area contributed by atoms with Gasteiger partial charge in [0.15, 0.2) is 11.6 Å². The molecule has 2 aliphatic rings. The highest BCUT2D eigenvalue weighted by atomic mass is 19.1. The maximum atomic E-state index is 14.4. The highest BCUT2D eigenvalue weighted by Gasteiger charge is 2.26. The van der Waals surface area contributed by atoms with Gasteiger partial charge in [-0.3, -0.25) is 0 Å². The SMILES string of the molecule is CCOC(=O)N1CCN(C(=O)Nc2cc(F)c(N3CCCC3)c(F)c2)CC1. The van der Waals surface area contributed by atoms with Gasteiger partial charge in [0, 0.05) is 45.0 Å². The third kappa shape index (κ3) is 4.40. The number of anilines is 2. The molecule has 0 radical (unpaired) electrons. The van der Waals surface area contributed by atoms with Gasteiger partial charge in [0.2, 0.25) is 0 Å². The molecule has 1 aromatic carbocycles. The molecule has 0 bridgehead atoms. The number of nitrogens with zero attached hydrogens (tertiary/aromatic N) is 3. The number of hydrogen-bond acceptors (Lipinski definition) is 4. The smallest absolute Gasteiger partial charge is 0.409 e. The van der Waals surface area contributed by atoms with Crippen molar-refractivity contribution in [3.63, 3.8) is 0 Å². The second kappa shape index (κ2) is 8.41. The third-order valence-corrected chi connectivity index (χ3v) is 4.78. The Hall–Kier alpha value is -2.58. The van der Waals surface area contributed by atoms with Gasteiger partial charge < -0.3 is 24.8 Å². The van der Waals surface area contributed by atoms with E-state index >= 15 is 0 Å². The first kappa shape index (κ1) is 19.2. The van der Waals surface area contributed by atoms with E-state index in [-0.39, 0.29) is 11.4 Å². The van der Waals surface area contributed by atoms with E-state index in [0.717, 1.165) is 25.0 Å². The number of nitrogens with one attached hydrogen (secondary N) is 1. The molecular formula is C18H24F2N4O3. The molecule has 148 valence electrons. The molecule has 3 amide bonds. The highest BCUT2D eigenvalue weighted by molar-refractivity contribution is 5.89. The summed E-state index contributed by atoms with van der Waals surface area (Å²) in [6.07, 6.45) is 1.42. The number of carbonyl (C=O) groups excluding carboxylic acids is 2. The molecule has 7 nitrogen and oxygen atoms in total. The van der Waals surface area contributed by atoms with E-state index in [9.17, 15) is 18.4 Å². The molecule has 9 heteroatoms. The molecule has 1 aromatic rings. The van der Waals surface area contributed by atoms with Gasteiger partial charge in [-0.05, 0) is 31.9 Å². The summed E-state index contributed by atoms with van der Waals surface area (Å²) in [5.74, 6) is -1.36. The van der Waals surface area contributed by atoms with Crippen LogP contribution in [0.15, 0.2) is 12.1 Å². The molecule has 0 atom stereocenters. The van der Waals surface area contributed by atoms with Crippen molar-refractivity contribution >= 4 is 23.5 Å². The molecule has 27 heavy (non-hydrogen) atoms. The standard InChI is InChI=1S/C18H24F2N4O3/c1-2-27-18(26)24-9-7-23(8-10-24)17(25)21-13-11-14(19)16(15(20)12-13)22-5-3-4-6-22/h11-12H,2-10H2,1H3,(H,21,25). The molecule has 2 fully saturated rings. The molecule has 2 saturated heterocycles. The zero-order valence-corrected chi connectivity index (χ0v) is 15.3. The fourth-order valence-electron chi connectivity index (χ4n) is 3.39. The molecule has 2 heterocycles. The van der Waals surface area contributed by atoms with Gasteiger partial charge in [-0.25, -0.2) is 18.4 Å². The predicted molar refractivity (Wildman–Crippen MR) is 97.0 cm³/mol. The Morgan fingerprint density at radius 2 is 1.56 bits per heavy atom. The summed E-state index contributed by atoms with van der Waals surface area (Å²) >= 11 is 0. The van der Waals surface area contributed by atoms with Gasteiger partial charge in [0.1, 0.15) is 5.69 Å². The van der Waals surface area contributed by atoms with Gasteiger partial charge in [-0.2, -0.15) is 0 Å². The van der Waals surface area contributed by atoms with Crippen molar-refractivity contribution < 1.29 is 23.1 Å². The molecule has 1 N–H and O–H groups in total. The van der Waals surface area contributed by atoms with Crippen LogP contribution in [-0.2, 0) is 4.74 Å². The molecule has 0 saturated carbocycles. The molecule has 2 aliphatic heterocycles. The Labute approximate surface area is 156 Å². The Morgan fingerprint density at radius 1 is 1.00 bits per heavy atom. The average molecular weight is 382 g/mol. The maximum Gasteiger partial charge on any atom is 0.409 e. The number of piperazine rings is 1. The Bertz CT molecular complexity index is 679. The number of urea groups is 1. The lowest BCUT2D eigenvalue weighted by Gasteiger charge is -2.34. The first-order chi connectivity index (χ1) is 13.0. The minimum Gasteiger partial charge on any atom is -0.450 e. The van der Waals surface area contributed by atoms with Crippen molar-refractivity contribution in [2.75, 3.05) is 56.1 Å². The minimum absolute atomic E-state index is 0.0338. The summed E-state index contributed by atoms with van der Waals surface area (Å²) in [6, 6.07) is 1.83. The number of halogens is 2. The van der Waals surface area contributed by atoms with Crippen LogP contribution in [0.4, 0.5) is 29.7 Å². The van der Waals surface area contributed by atoms with Crippen molar-refractivity contribution in [2.24, 2.45) is 0 Å². The Morgan fingerprint density at radius 3 is 2.11 bits per heavy atom. The fraction of sp³-hybridized carbons (Fsp3) is 0.556. The van der Waals surface area contributed by atoms with Crippen LogP contribution < -0.4 is 10.2 Å². The summed E-state index contributed by atoms with van der Waals surface area (Å²) in [4.78, 5) is 28.7. The van der Waals surface area contributed by atoms with E-state index in [1.54, 1.807) is 11.8 Å². The van der Waals surface area contributed by atoms with Crippen LogP contribution >= 0.6 is 0 Å². The predicted octanol–water partition coefficient (Wildman–Crippen LogP) is 2.87. The van der Waals surface area contributed by atoms with E-state index in [1.165, 1.54) is 9.80 Å².